The molecule has 0 aromatic heterocycles. The van der Waals surface area contributed by atoms with Crippen molar-refractivity contribution in [2.24, 2.45) is 0 Å². The van der Waals surface area contributed by atoms with E-state index >= 15 is 0 Å². The molecule has 1 aromatic carbocycles. The van der Waals surface area contributed by atoms with E-state index in [4.69, 9.17) is 17.3 Å². The lowest BCUT2D eigenvalue weighted by molar-refractivity contribution is -0.121. The monoisotopic (exact) mass is 302 g/mol. The van der Waals surface area contributed by atoms with Gasteiger partial charge in [0.1, 0.15) is 5.25 Å². The fraction of sp³-hybridized carbons (Fsp3) is 0.462. The Bertz CT molecular complexity index is 512. The van der Waals surface area contributed by atoms with Crippen molar-refractivity contribution in [2.45, 2.75) is 43.4 Å². The minimum atomic E-state index is -1.51. The van der Waals surface area contributed by atoms with E-state index in [1.54, 1.807) is 19.1 Å². The first kappa shape index (κ1) is 16.0. The molecule has 1 amide bonds. The second-order valence-electron chi connectivity index (χ2n) is 5.36. The van der Waals surface area contributed by atoms with Gasteiger partial charge in [0, 0.05) is 16.2 Å². The average molecular weight is 303 g/mol. The zero-order chi connectivity index (χ0) is 14.8. The molecule has 0 saturated carbocycles. The maximum absolute atomic E-state index is 12.3. The molecule has 106 valence electrons. The Hall–Kier alpha value is -1.07. The number of hydrogen-bond donors (Lipinski definition) is 2. The third kappa shape index (κ3) is 4.51. The van der Waals surface area contributed by atoms with Crippen molar-refractivity contribution in [1.82, 2.24) is 5.32 Å². The molecular weight excluding hydrogens is 284 g/mol. The third-order valence-electron chi connectivity index (χ3n) is 2.38. The molecule has 0 aliphatic carbocycles. The summed E-state index contributed by atoms with van der Waals surface area (Å²) in [7, 11) is -1.51. The van der Waals surface area contributed by atoms with E-state index in [2.05, 4.69) is 5.32 Å². The van der Waals surface area contributed by atoms with Crippen LogP contribution in [-0.2, 0) is 15.6 Å². The van der Waals surface area contributed by atoms with E-state index in [1.807, 2.05) is 20.8 Å². The molecule has 1 rings (SSSR count). The molecule has 0 bridgehead atoms. The summed E-state index contributed by atoms with van der Waals surface area (Å²) in [5, 5.41) is 2.60. The SMILES string of the molecule is CC(C(=O)NC(C)(C)C)S(=O)c1ccc(Cl)cc1N. The van der Waals surface area contributed by atoms with Gasteiger partial charge in [0.25, 0.3) is 0 Å². The Morgan fingerprint density at radius 1 is 1.42 bits per heavy atom. The molecule has 0 spiro atoms. The number of anilines is 1. The van der Waals surface area contributed by atoms with Crippen LogP contribution in [0.25, 0.3) is 0 Å². The normalized spacial score (nSPS) is 14.8. The molecule has 2 unspecified atom stereocenters. The van der Waals surface area contributed by atoms with Gasteiger partial charge in [-0.25, -0.2) is 0 Å². The van der Waals surface area contributed by atoms with Crippen LogP contribution in [0.3, 0.4) is 0 Å². The summed E-state index contributed by atoms with van der Waals surface area (Å²) in [6.45, 7) is 7.23. The molecule has 2 atom stereocenters. The smallest absolute Gasteiger partial charge is 0.236 e. The molecule has 6 heteroatoms. The van der Waals surface area contributed by atoms with Gasteiger partial charge in [0.05, 0.1) is 15.7 Å². The number of amides is 1. The summed E-state index contributed by atoms with van der Waals surface area (Å²) in [6, 6.07) is 4.73. The predicted molar refractivity (Wildman–Crippen MR) is 79.6 cm³/mol. The number of rotatable bonds is 3. The van der Waals surface area contributed by atoms with Crippen molar-refractivity contribution in [3.05, 3.63) is 23.2 Å². The highest BCUT2D eigenvalue weighted by molar-refractivity contribution is 7.86. The third-order valence-corrected chi connectivity index (χ3v) is 4.27. The molecule has 0 radical (unpaired) electrons. The van der Waals surface area contributed by atoms with Crippen LogP contribution in [0.4, 0.5) is 5.69 Å². The number of carbonyl (C=O) groups excluding carboxylic acids is 1. The Kier molecular flexibility index (Phi) is 4.98. The summed E-state index contributed by atoms with van der Waals surface area (Å²) in [5.41, 5.74) is 5.75. The Morgan fingerprint density at radius 3 is 2.47 bits per heavy atom. The summed E-state index contributed by atoms with van der Waals surface area (Å²) in [4.78, 5) is 12.4. The summed E-state index contributed by atoms with van der Waals surface area (Å²) in [5.74, 6) is -0.264. The van der Waals surface area contributed by atoms with E-state index in [0.717, 1.165) is 0 Å². The van der Waals surface area contributed by atoms with Gasteiger partial charge in [0.2, 0.25) is 5.91 Å². The van der Waals surface area contributed by atoms with Gasteiger partial charge >= 0.3 is 0 Å². The fourth-order valence-electron chi connectivity index (χ4n) is 1.46. The molecule has 3 N–H and O–H groups in total. The number of nitrogens with one attached hydrogen (secondary N) is 1. The molecule has 0 aliphatic rings. The van der Waals surface area contributed by atoms with Crippen molar-refractivity contribution in [3.63, 3.8) is 0 Å². The zero-order valence-electron chi connectivity index (χ0n) is 11.5. The van der Waals surface area contributed by atoms with Crippen LogP contribution in [0, 0.1) is 0 Å². The van der Waals surface area contributed by atoms with Gasteiger partial charge < -0.3 is 11.1 Å². The molecular formula is C13H19ClN2O2S. The highest BCUT2D eigenvalue weighted by Gasteiger charge is 2.25. The molecule has 4 nitrogen and oxygen atoms in total. The van der Waals surface area contributed by atoms with Crippen LogP contribution in [0.15, 0.2) is 23.1 Å². The summed E-state index contributed by atoms with van der Waals surface area (Å²) >= 11 is 5.79. The average Bonchev–Trinajstić information content (AvgIpc) is 2.24. The predicted octanol–water partition coefficient (Wildman–Crippen LogP) is 2.33. The first-order valence-electron chi connectivity index (χ1n) is 5.89. The summed E-state index contributed by atoms with van der Waals surface area (Å²) in [6.07, 6.45) is 0. The maximum atomic E-state index is 12.3. The number of benzene rings is 1. The van der Waals surface area contributed by atoms with Crippen molar-refractivity contribution in [3.8, 4) is 0 Å². The van der Waals surface area contributed by atoms with Crippen LogP contribution in [0.2, 0.25) is 5.02 Å². The van der Waals surface area contributed by atoms with E-state index in [0.29, 0.717) is 15.6 Å². The van der Waals surface area contributed by atoms with Crippen LogP contribution in [-0.4, -0.2) is 20.9 Å². The van der Waals surface area contributed by atoms with Gasteiger partial charge in [-0.2, -0.15) is 0 Å². The van der Waals surface area contributed by atoms with Gasteiger partial charge in [-0.15, -0.1) is 0 Å². The second-order valence-corrected chi connectivity index (χ2v) is 7.54. The zero-order valence-corrected chi connectivity index (χ0v) is 13.1. The van der Waals surface area contributed by atoms with Crippen molar-refractivity contribution in [1.29, 1.82) is 0 Å². The molecule has 0 aliphatic heterocycles. The number of halogens is 1. The number of nitrogen functional groups attached to an aromatic ring is 1. The lowest BCUT2D eigenvalue weighted by Crippen LogP contribution is -2.46. The lowest BCUT2D eigenvalue weighted by atomic mass is 10.1. The van der Waals surface area contributed by atoms with Gasteiger partial charge in [-0.1, -0.05) is 11.6 Å². The molecule has 19 heavy (non-hydrogen) atoms. The standard InChI is InChI=1S/C13H19ClN2O2S/c1-8(12(17)16-13(2,3)4)19(18)11-6-5-9(14)7-10(11)15/h5-8H,15H2,1-4H3,(H,16,17). The molecule has 1 aromatic rings. The topological polar surface area (TPSA) is 72.2 Å². The highest BCUT2D eigenvalue weighted by Crippen LogP contribution is 2.23. The molecule has 0 fully saturated rings. The molecule has 0 saturated heterocycles. The van der Waals surface area contributed by atoms with Crippen LogP contribution in [0.5, 0.6) is 0 Å². The van der Waals surface area contributed by atoms with E-state index in [-0.39, 0.29) is 11.4 Å². The number of carbonyl (C=O) groups is 1. The first-order chi connectivity index (χ1) is 8.61. The Labute approximate surface area is 121 Å². The minimum Gasteiger partial charge on any atom is -0.398 e. The highest BCUT2D eigenvalue weighted by atomic mass is 35.5. The maximum Gasteiger partial charge on any atom is 0.236 e. The van der Waals surface area contributed by atoms with Crippen molar-refractivity contribution in [2.75, 3.05) is 5.73 Å². The second kappa shape index (κ2) is 5.92. The number of hydrogen-bond acceptors (Lipinski definition) is 3. The van der Waals surface area contributed by atoms with Gasteiger partial charge in [-0.05, 0) is 45.9 Å². The molecule has 0 heterocycles. The minimum absolute atomic E-state index is 0.264. The lowest BCUT2D eigenvalue weighted by Gasteiger charge is -2.23. The Balaban J connectivity index is 2.91. The van der Waals surface area contributed by atoms with E-state index in [9.17, 15) is 9.00 Å². The Morgan fingerprint density at radius 2 is 2.00 bits per heavy atom. The largest absolute Gasteiger partial charge is 0.398 e. The van der Waals surface area contributed by atoms with Crippen molar-refractivity contribution >= 4 is 34.0 Å². The van der Waals surface area contributed by atoms with Crippen molar-refractivity contribution < 1.29 is 9.00 Å². The van der Waals surface area contributed by atoms with Crippen LogP contribution in [0.1, 0.15) is 27.7 Å². The number of nitrogens with two attached hydrogens (primary N) is 1. The van der Waals surface area contributed by atoms with Crippen LogP contribution < -0.4 is 11.1 Å². The first-order valence-corrected chi connectivity index (χ1v) is 7.48. The quantitative estimate of drug-likeness (QED) is 0.842. The van der Waals surface area contributed by atoms with Crippen LogP contribution >= 0.6 is 11.6 Å². The van der Waals surface area contributed by atoms with Gasteiger partial charge in [-0.3, -0.25) is 9.00 Å². The summed E-state index contributed by atoms with van der Waals surface area (Å²) < 4.78 is 12.3. The van der Waals surface area contributed by atoms with E-state index in [1.165, 1.54) is 6.07 Å². The fourth-order valence-corrected chi connectivity index (χ4v) is 2.77. The van der Waals surface area contributed by atoms with Gasteiger partial charge in [0.15, 0.2) is 0 Å². The van der Waals surface area contributed by atoms with E-state index < -0.39 is 16.0 Å².